The van der Waals surface area contributed by atoms with Gasteiger partial charge < -0.3 is 14.0 Å². The number of carbonyl (C=O) groups excluding carboxylic acids is 1. The zero-order valence-electron chi connectivity index (χ0n) is 8.86. The second kappa shape index (κ2) is 6.13. The van der Waals surface area contributed by atoms with Crippen LogP contribution < -0.4 is 0 Å². The van der Waals surface area contributed by atoms with E-state index in [0.29, 0.717) is 25.5 Å². The number of nitrogens with zero attached hydrogens (tertiary/aromatic N) is 2. The average molecular weight is 214 g/mol. The Morgan fingerprint density at radius 2 is 2.20 bits per heavy atom. The van der Waals surface area contributed by atoms with E-state index in [0.717, 1.165) is 0 Å². The van der Waals surface area contributed by atoms with E-state index >= 15 is 0 Å². The van der Waals surface area contributed by atoms with Crippen LogP contribution in [-0.2, 0) is 15.9 Å². The van der Waals surface area contributed by atoms with E-state index in [1.807, 2.05) is 6.92 Å². The minimum atomic E-state index is -0.590. The number of carbonyl (C=O) groups is 1. The Balaban J connectivity index is 2.45. The van der Waals surface area contributed by atoms with Gasteiger partial charge in [0.15, 0.2) is 5.82 Å². The van der Waals surface area contributed by atoms with Crippen LogP contribution >= 0.6 is 0 Å². The molecular formula is C9H14N2O4. The average Bonchev–Trinajstić information content (AvgIpc) is 2.67. The summed E-state index contributed by atoms with van der Waals surface area (Å²) in [6.45, 7) is 5.06. The Bertz CT molecular complexity index is 311. The topological polar surface area (TPSA) is 74.5 Å². The van der Waals surface area contributed by atoms with Crippen molar-refractivity contribution in [2.75, 3.05) is 19.8 Å². The van der Waals surface area contributed by atoms with E-state index in [1.54, 1.807) is 6.92 Å². The first kappa shape index (κ1) is 11.6. The number of ether oxygens (including phenoxy) is 2. The van der Waals surface area contributed by atoms with Crippen molar-refractivity contribution in [2.45, 2.75) is 20.3 Å². The summed E-state index contributed by atoms with van der Waals surface area (Å²) in [6, 6.07) is 0. The Hall–Kier alpha value is -1.43. The fourth-order valence-corrected chi connectivity index (χ4v) is 0.939. The molecule has 0 atom stereocenters. The van der Waals surface area contributed by atoms with Crippen LogP contribution in [0.15, 0.2) is 4.52 Å². The van der Waals surface area contributed by atoms with Crippen LogP contribution in [0.3, 0.4) is 0 Å². The third-order valence-corrected chi connectivity index (χ3v) is 1.59. The normalized spacial score (nSPS) is 10.3. The molecule has 1 aromatic heterocycles. The van der Waals surface area contributed by atoms with Crippen molar-refractivity contribution in [1.29, 1.82) is 0 Å². The molecule has 0 aliphatic rings. The van der Waals surface area contributed by atoms with Gasteiger partial charge in [0, 0.05) is 13.0 Å². The van der Waals surface area contributed by atoms with Crippen LogP contribution in [0.4, 0.5) is 0 Å². The van der Waals surface area contributed by atoms with Gasteiger partial charge in [0.1, 0.15) is 0 Å². The number of hydrogen-bond donors (Lipinski definition) is 0. The molecule has 0 N–H and O–H groups in total. The molecule has 0 amide bonds. The summed E-state index contributed by atoms with van der Waals surface area (Å²) in [5.74, 6) is -0.248. The first-order valence-corrected chi connectivity index (χ1v) is 4.85. The molecule has 15 heavy (non-hydrogen) atoms. The third-order valence-electron chi connectivity index (χ3n) is 1.59. The fourth-order valence-electron chi connectivity index (χ4n) is 0.939. The molecule has 0 radical (unpaired) electrons. The molecule has 1 aromatic rings. The van der Waals surface area contributed by atoms with Crippen molar-refractivity contribution in [2.24, 2.45) is 0 Å². The lowest BCUT2D eigenvalue weighted by atomic mass is 10.4. The van der Waals surface area contributed by atoms with Crippen molar-refractivity contribution in [3.63, 3.8) is 0 Å². The van der Waals surface area contributed by atoms with Crippen LogP contribution in [0, 0.1) is 0 Å². The van der Waals surface area contributed by atoms with E-state index in [2.05, 4.69) is 10.1 Å². The Morgan fingerprint density at radius 3 is 2.87 bits per heavy atom. The number of hydrogen-bond acceptors (Lipinski definition) is 6. The van der Waals surface area contributed by atoms with E-state index < -0.39 is 5.97 Å². The van der Waals surface area contributed by atoms with E-state index in [1.165, 1.54) is 0 Å². The predicted molar refractivity (Wildman–Crippen MR) is 50.5 cm³/mol. The smallest absolute Gasteiger partial charge is 0.397 e. The Morgan fingerprint density at radius 1 is 1.40 bits per heavy atom. The van der Waals surface area contributed by atoms with Gasteiger partial charge in [0.05, 0.1) is 13.2 Å². The summed E-state index contributed by atoms with van der Waals surface area (Å²) in [4.78, 5) is 15.0. The van der Waals surface area contributed by atoms with Crippen LogP contribution in [0.5, 0.6) is 0 Å². The maximum atomic E-state index is 11.1. The first-order valence-electron chi connectivity index (χ1n) is 4.85. The Labute approximate surface area is 87.6 Å². The molecule has 84 valence electrons. The zero-order valence-corrected chi connectivity index (χ0v) is 8.86. The highest BCUT2D eigenvalue weighted by Gasteiger charge is 2.15. The lowest BCUT2D eigenvalue weighted by Gasteiger charge is -1.95. The molecule has 0 aliphatic carbocycles. The fraction of sp³-hybridized carbons (Fsp3) is 0.667. The van der Waals surface area contributed by atoms with Crippen molar-refractivity contribution in [3.05, 3.63) is 11.7 Å². The van der Waals surface area contributed by atoms with E-state index in [-0.39, 0.29) is 12.5 Å². The monoisotopic (exact) mass is 214 g/mol. The van der Waals surface area contributed by atoms with Gasteiger partial charge >= 0.3 is 11.9 Å². The Kier molecular flexibility index (Phi) is 4.76. The summed E-state index contributed by atoms with van der Waals surface area (Å²) in [5, 5.41) is 3.62. The zero-order chi connectivity index (χ0) is 11.1. The van der Waals surface area contributed by atoms with Gasteiger partial charge in [-0.3, -0.25) is 0 Å². The van der Waals surface area contributed by atoms with Gasteiger partial charge in [-0.1, -0.05) is 5.16 Å². The summed E-state index contributed by atoms with van der Waals surface area (Å²) in [7, 11) is 0. The minimum Gasteiger partial charge on any atom is -0.459 e. The quantitative estimate of drug-likeness (QED) is 0.515. The van der Waals surface area contributed by atoms with Crippen LogP contribution in [-0.4, -0.2) is 35.9 Å². The molecule has 0 aliphatic heterocycles. The molecule has 0 fully saturated rings. The molecular weight excluding hydrogens is 200 g/mol. The predicted octanol–water partition coefficient (Wildman–Crippen LogP) is 0.825. The summed E-state index contributed by atoms with van der Waals surface area (Å²) < 4.78 is 14.5. The molecule has 0 aromatic carbocycles. The van der Waals surface area contributed by atoms with Gasteiger partial charge in [-0.15, -0.1) is 0 Å². The highest BCUT2D eigenvalue weighted by Crippen LogP contribution is 2.00. The number of aromatic nitrogens is 2. The van der Waals surface area contributed by atoms with Gasteiger partial charge in [0.2, 0.25) is 0 Å². The molecule has 0 unspecified atom stereocenters. The van der Waals surface area contributed by atoms with Crippen molar-refractivity contribution in [3.8, 4) is 0 Å². The van der Waals surface area contributed by atoms with Gasteiger partial charge in [-0.2, -0.15) is 4.98 Å². The number of rotatable bonds is 6. The molecule has 0 bridgehead atoms. The largest absolute Gasteiger partial charge is 0.459 e. The lowest BCUT2D eigenvalue weighted by Crippen LogP contribution is -2.05. The SMILES string of the molecule is CCOCCc1noc(C(=O)OCC)n1. The van der Waals surface area contributed by atoms with Gasteiger partial charge in [0.25, 0.3) is 0 Å². The molecule has 1 rings (SSSR count). The van der Waals surface area contributed by atoms with E-state index in [4.69, 9.17) is 14.0 Å². The van der Waals surface area contributed by atoms with Gasteiger partial charge in [-0.25, -0.2) is 4.79 Å². The standard InChI is InChI=1S/C9H14N2O4/c1-3-13-6-5-7-10-8(15-11-7)9(12)14-4-2/h3-6H2,1-2H3. The van der Waals surface area contributed by atoms with Crippen LogP contribution in [0.2, 0.25) is 0 Å². The highest BCUT2D eigenvalue weighted by molar-refractivity contribution is 5.83. The molecule has 0 saturated heterocycles. The second-order valence-electron chi connectivity index (χ2n) is 2.68. The molecule has 6 heteroatoms. The molecule has 0 spiro atoms. The summed E-state index contributed by atoms with van der Waals surface area (Å²) >= 11 is 0. The molecule has 0 saturated carbocycles. The lowest BCUT2D eigenvalue weighted by molar-refractivity contribution is 0.0470. The summed E-state index contributed by atoms with van der Waals surface area (Å²) in [5.41, 5.74) is 0. The number of esters is 1. The first-order chi connectivity index (χ1) is 7.27. The summed E-state index contributed by atoms with van der Waals surface area (Å²) in [6.07, 6.45) is 0.525. The van der Waals surface area contributed by atoms with Crippen LogP contribution in [0.25, 0.3) is 0 Å². The minimum absolute atomic E-state index is 0.108. The van der Waals surface area contributed by atoms with Crippen molar-refractivity contribution in [1.82, 2.24) is 10.1 Å². The van der Waals surface area contributed by atoms with Gasteiger partial charge in [-0.05, 0) is 13.8 Å². The van der Waals surface area contributed by atoms with Crippen molar-refractivity contribution >= 4 is 5.97 Å². The van der Waals surface area contributed by atoms with Crippen molar-refractivity contribution < 1.29 is 18.8 Å². The highest BCUT2D eigenvalue weighted by atomic mass is 16.6. The van der Waals surface area contributed by atoms with E-state index in [9.17, 15) is 4.79 Å². The molecule has 6 nitrogen and oxygen atoms in total. The third kappa shape index (κ3) is 3.67. The maximum absolute atomic E-state index is 11.1. The second-order valence-corrected chi connectivity index (χ2v) is 2.68. The van der Waals surface area contributed by atoms with Crippen LogP contribution in [0.1, 0.15) is 30.4 Å². The molecule has 1 heterocycles. The maximum Gasteiger partial charge on any atom is 0.397 e.